The number of halogens is 1. The Kier molecular flexibility index (Phi) is 5.86. The van der Waals surface area contributed by atoms with Crippen molar-refractivity contribution in [3.8, 4) is 6.07 Å². The van der Waals surface area contributed by atoms with E-state index >= 15 is 0 Å². The third-order valence-corrected chi connectivity index (χ3v) is 7.04. The first-order valence-electron chi connectivity index (χ1n) is 8.27. The van der Waals surface area contributed by atoms with Gasteiger partial charge < -0.3 is 10.2 Å². The molecule has 1 amide bonds. The molecular formula is C17H18FN4O3S2+. The Morgan fingerprint density at radius 2 is 2.07 bits per heavy atom. The zero-order valence-electron chi connectivity index (χ0n) is 14.3. The Labute approximate surface area is 160 Å². The summed E-state index contributed by atoms with van der Waals surface area (Å²) in [4.78, 5) is 13.1. The van der Waals surface area contributed by atoms with E-state index in [0.29, 0.717) is 23.7 Å². The second kappa shape index (κ2) is 8.14. The second-order valence-electron chi connectivity index (χ2n) is 6.11. The van der Waals surface area contributed by atoms with Crippen molar-refractivity contribution in [3.63, 3.8) is 0 Å². The average molecular weight is 409 g/mol. The van der Waals surface area contributed by atoms with Gasteiger partial charge in [0, 0.05) is 0 Å². The van der Waals surface area contributed by atoms with Gasteiger partial charge in [0.25, 0.3) is 5.91 Å². The second-order valence-corrected chi connectivity index (χ2v) is 8.97. The number of hydrogen-bond acceptors (Lipinski definition) is 5. The fraction of sp³-hybridized carbons (Fsp3) is 0.294. The summed E-state index contributed by atoms with van der Waals surface area (Å²) in [6.45, 7) is 1.64. The van der Waals surface area contributed by atoms with E-state index in [1.165, 1.54) is 33.8 Å². The number of carbonyl (C=O) groups is 1. The highest BCUT2D eigenvalue weighted by Gasteiger charge is 2.31. The number of carbonyl (C=O) groups excluding carboxylic acids is 1. The fourth-order valence-electron chi connectivity index (χ4n) is 2.89. The minimum absolute atomic E-state index is 0.0644. The highest BCUT2D eigenvalue weighted by molar-refractivity contribution is 7.89. The van der Waals surface area contributed by atoms with Crippen LogP contribution in [0.15, 0.2) is 40.6 Å². The van der Waals surface area contributed by atoms with Gasteiger partial charge in [0.2, 0.25) is 10.0 Å². The minimum atomic E-state index is -3.74. The first-order valence-corrected chi connectivity index (χ1v) is 10.6. The van der Waals surface area contributed by atoms with Crippen molar-refractivity contribution in [2.45, 2.75) is 4.90 Å². The van der Waals surface area contributed by atoms with E-state index in [1.54, 1.807) is 11.4 Å². The molecule has 2 heterocycles. The molecule has 1 fully saturated rings. The molecule has 27 heavy (non-hydrogen) atoms. The lowest BCUT2D eigenvalue weighted by Crippen LogP contribution is -3.15. The summed E-state index contributed by atoms with van der Waals surface area (Å²) in [5.41, 5.74) is 0.425. The number of nitrogens with one attached hydrogen (secondary N) is 2. The highest BCUT2D eigenvalue weighted by atomic mass is 32.2. The summed E-state index contributed by atoms with van der Waals surface area (Å²) in [6.07, 6.45) is 0. The number of quaternary nitrogens is 1. The third kappa shape index (κ3) is 4.51. The van der Waals surface area contributed by atoms with E-state index in [1.807, 2.05) is 6.07 Å². The van der Waals surface area contributed by atoms with Crippen molar-refractivity contribution in [1.82, 2.24) is 4.31 Å². The maximum atomic E-state index is 13.3. The number of rotatable bonds is 5. The number of nitrogens with zero attached hydrogens (tertiary/aromatic N) is 2. The number of benzene rings is 1. The van der Waals surface area contributed by atoms with Crippen molar-refractivity contribution in [3.05, 3.63) is 47.1 Å². The first-order chi connectivity index (χ1) is 12.9. The summed E-state index contributed by atoms with van der Waals surface area (Å²) in [5.74, 6) is -0.812. The average Bonchev–Trinajstić information content (AvgIpc) is 3.09. The number of amides is 1. The molecule has 2 N–H and O–H groups in total. The highest BCUT2D eigenvalue weighted by Crippen LogP contribution is 2.21. The molecule has 7 nitrogen and oxygen atoms in total. The van der Waals surface area contributed by atoms with Crippen LogP contribution in [-0.2, 0) is 14.8 Å². The molecule has 0 radical (unpaired) electrons. The smallest absolute Gasteiger partial charge is 0.280 e. The van der Waals surface area contributed by atoms with Crippen LogP contribution in [0.5, 0.6) is 0 Å². The molecule has 0 spiro atoms. The van der Waals surface area contributed by atoms with Gasteiger partial charge in [0.1, 0.15) is 16.9 Å². The monoisotopic (exact) mass is 409 g/mol. The van der Waals surface area contributed by atoms with Gasteiger partial charge in [-0.15, -0.1) is 11.3 Å². The summed E-state index contributed by atoms with van der Waals surface area (Å²) >= 11 is 1.29. The maximum absolute atomic E-state index is 13.3. The number of hydrogen-bond donors (Lipinski definition) is 2. The van der Waals surface area contributed by atoms with Gasteiger partial charge in [-0.3, -0.25) is 4.79 Å². The van der Waals surface area contributed by atoms with Crippen molar-refractivity contribution in [2.24, 2.45) is 0 Å². The van der Waals surface area contributed by atoms with Crippen LogP contribution in [0.3, 0.4) is 0 Å². The van der Waals surface area contributed by atoms with Gasteiger partial charge in [0.05, 0.1) is 36.6 Å². The lowest BCUT2D eigenvalue weighted by Gasteiger charge is -2.31. The number of sulfonamides is 1. The Bertz CT molecular complexity index is 976. The van der Waals surface area contributed by atoms with Crippen LogP contribution >= 0.6 is 11.3 Å². The largest absolute Gasteiger partial charge is 0.325 e. The summed E-state index contributed by atoms with van der Waals surface area (Å²) in [7, 11) is -3.74. The number of anilines is 1. The molecule has 0 saturated carbocycles. The van der Waals surface area contributed by atoms with E-state index in [2.05, 4.69) is 5.32 Å². The van der Waals surface area contributed by atoms with Crippen LogP contribution in [0.2, 0.25) is 0 Å². The predicted molar refractivity (Wildman–Crippen MR) is 98.4 cm³/mol. The summed E-state index contributed by atoms with van der Waals surface area (Å²) < 4.78 is 39.8. The molecule has 1 aromatic heterocycles. The Hall–Kier alpha value is -2.32. The van der Waals surface area contributed by atoms with Crippen LogP contribution in [0, 0.1) is 17.1 Å². The maximum Gasteiger partial charge on any atom is 0.280 e. The van der Waals surface area contributed by atoms with Crippen LogP contribution in [0.4, 0.5) is 9.39 Å². The van der Waals surface area contributed by atoms with E-state index in [4.69, 9.17) is 5.26 Å². The molecule has 1 aliphatic heterocycles. The molecule has 3 rings (SSSR count). The normalized spacial score (nSPS) is 16.0. The van der Waals surface area contributed by atoms with Crippen LogP contribution in [0.1, 0.15) is 5.56 Å². The predicted octanol–water partition coefficient (Wildman–Crippen LogP) is 0.287. The topological polar surface area (TPSA) is 94.7 Å². The fourth-order valence-corrected chi connectivity index (χ4v) is 5.12. The van der Waals surface area contributed by atoms with E-state index in [9.17, 15) is 17.6 Å². The Morgan fingerprint density at radius 3 is 2.74 bits per heavy atom. The third-order valence-electron chi connectivity index (χ3n) is 4.31. The van der Waals surface area contributed by atoms with Crippen LogP contribution in [0.25, 0.3) is 0 Å². The van der Waals surface area contributed by atoms with Crippen molar-refractivity contribution < 1.29 is 22.5 Å². The standard InChI is InChI=1S/C17H17FN4O3S2/c18-14-2-1-3-15(10-14)27(24,25)22-7-5-21(6-8-22)12-16(23)20-17-13(11-19)4-9-26-17/h1-4,9-10H,5-8,12H2,(H,20,23)/p+1. The number of piperazine rings is 1. The Balaban J connectivity index is 1.56. The van der Waals surface area contributed by atoms with Gasteiger partial charge in [-0.05, 0) is 29.6 Å². The molecule has 1 aliphatic rings. The molecule has 0 bridgehead atoms. The Morgan fingerprint density at radius 1 is 1.33 bits per heavy atom. The van der Waals surface area contributed by atoms with Gasteiger partial charge in [-0.2, -0.15) is 9.57 Å². The van der Waals surface area contributed by atoms with Crippen molar-refractivity contribution in [2.75, 3.05) is 38.0 Å². The first kappa shape index (κ1) is 19.4. The quantitative estimate of drug-likeness (QED) is 0.742. The molecule has 1 aromatic carbocycles. The van der Waals surface area contributed by atoms with E-state index in [0.717, 1.165) is 11.0 Å². The van der Waals surface area contributed by atoms with Gasteiger partial charge in [-0.25, -0.2) is 12.8 Å². The molecular weight excluding hydrogens is 391 g/mol. The zero-order valence-corrected chi connectivity index (χ0v) is 15.9. The molecule has 10 heteroatoms. The van der Waals surface area contributed by atoms with Crippen LogP contribution < -0.4 is 10.2 Å². The molecule has 0 unspecified atom stereocenters. The van der Waals surface area contributed by atoms with Crippen molar-refractivity contribution in [1.29, 1.82) is 5.26 Å². The molecule has 0 aliphatic carbocycles. The lowest BCUT2D eigenvalue weighted by atomic mass is 10.3. The summed E-state index contributed by atoms with van der Waals surface area (Å²) in [5, 5.41) is 14.0. The van der Waals surface area contributed by atoms with Gasteiger partial charge in [0.15, 0.2) is 6.54 Å². The van der Waals surface area contributed by atoms with Gasteiger partial charge >= 0.3 is 0 Å². The molecule has 142 valence electrons. The molecule has 2 aromatic rings. The van der Waals surface area contributed by atoms with Gasteiger partial charge in [-0.1, -0.05) is 6.07 Å². The van der Waals surface area contributed by atoms with E-state index in [-0.39, 0.29) is 30.4 Å². The lowest BCUT2D eigenvalue weighted by molar-refractivity contribution is -0.895. The molecule has 0 atom stereocenters. The van der Waals surface area contributed by atoms with Crippen molar-refractivity contribution >= 4 is 32.3 Å². The molecule has 1 saturated heterocycles. The SMILES string of the molecule is N#Cc1ccsc1NC(=O)C[NH+]1CCN(S(=O)(=O)c2cccc(F)c2)CC1. The zero-order chi connectivity index (χ0) is 19.4. The minimum Gasteiger partial charge on any atom is -0.325 e. The summed E-state index contributed by atoms with van der Waals surface area (Å²) in [6, 6.07) is 8.61. The van der Waals surface area contributed by atoms with E-state index < -0.39 is 15.8 Å². The number of thiophene rings is 1. The number of nitriles is 1. The van der Waals surface area contributed by atoms with Crippen LogP contribution in [-0.4, -0.2) is 51.4 Å².